The second kappa shape index (κ2) is 7.78. The maximum Gasteiger partial charge on any atom is 0.255 e. The van der Waals surface area contributed by atoms with Crippen LogP contribution in [0.25, 0.3) is 0 Å². The van der Waals surface area contributed by atoms with Crippen molar-refractivity contribution in [2.75, 3.05) is 32.8 Å². The first kappa shape index (κ1) is 18.1. The van der Waals surface area contributed by atoms with Gasteiger partial charge in [0, 0.05) is 32.6 Å². The molecule has 0 aromatic carbocycles. The zero-order valence-corrected chi connectivity index (χ0v) is 15.8. The molecule has 0 saturated carbocycles. The maximum absolute atomic E-state index is 12.6. The fraction of sp³-hybridized carbons (Fsp3) is 0.550. The molecule has 4 rings (SSSR count). The first-order valence-corrected chi connectivity index (χ1v) is 9.67. The van der Waals surface area contributed by atoms with Gasteiger partial charge in [-0.25, -0.2) is 0 Å². The molecule has 144 valence electrons. The third kappa shape index (κ3) is 4.04. The number of ether oxygens (including phenoxy) is 1. The van der Waals surface area contributed by atoms with Crippen LogP contribution in [0.4, 0.5) is 0 Å². The smallest absolute Gasteiger partial charge is 0.255 e. The Labute approximate surface area is 159 Å². The fourth-order valence-corrected chi connectivity index (χ4v) is 4.00. The fourth-order valence-electron chi connectivity index (χ4n) is 4.00. The van der Waals surface area contributed by atoms with Crippen molar-refractivity contribution in [3.05, 3.63) is 47.7 Å². The van der Waals surface area contributed by atoms with Crippen LogP contribution >= 0.6 is 0 Å². The Morgan fingerprint density at radius 2 is 1.96 bits per heavy atom. The van der Waals surface area contributed by atoms with Gasteiger partial charge in [-0.3, -0.25) is 9.69 Å². The van der Waals surface area contributed by atoms with Crippen LogP contribution < -0.4 is 0 Å². The quantitative estimate of drug-likeness (QED) is 0.821. The highest BCUT2D eigenvalue weighted by Crippen LogP contribution is 2.31. The molecule has 0 unspecified atom stereocenters. The van der Waals surface area contributed by atoms with Crippen LogP contribution in [0.1, 0.15) is 41.6 Å². The Balaban J connectivity index is 1.35. The summed E-state index contributed by atoms with van der Waals surface area (Å²) in [6.07, 6.45) is 5.71. The lowest BCUT2D eigenvalue weighted by atomic mass is 9.89. The first-order valence-electron chi connectivity index (χ1n) is 9.67. The predicted octanol–water partition coefficient (Wildman–Crippen LogP) is 2.14. The normalized spacial score (nSPS) is 20.1. The Kier molecular flexibility index (Phi) is 5.22. The van der Waals surface area contributed by atoms with Gasteiger partial charge in [-0.2, -0.15) is 10.2 Å². The van der Waals surface area contributed by atoms with E-state index in [4.69, 9.17) is 9.15 Å². The largest absolute Gasteiger partial charge is 0.465 e. The highest BCUT2D eigenvalue weighted by atomic mass is 16.5. The van der Waals surface area contributed by atoms with Crippen molar-refractivity contribution in [1.29, 1.82) is 0 Å². The van der Waals surface area contributed by atoms with Gasteiger partial charge in [-0.15, -0.1) is 0 Å². The minimum Gasteiger partial charge on any atom is -0.465 e. The molecule has 27 heavy (non-hydrogen) atoms. The number of amides is 1. The minimum absolute atomic E-state index is 0.0232. The number of piperidine rings is 1. The molecule has 2 aliphatic rings. The Hall–Kier alpha value is -2.25. The standard InChI is InChI=1S/C20H26N4O3/c1-2-17-3-4-18(27-17)14-23-11-12-26-20(15-23)6-9-24(10-7-20)19(25)16-5-8-21-22-13-16/h3-5,8,13H,2,6-7,9-12,14-15H2,1H3. The molecule has 2 aromatic rings. The summed E-state index contributed by atoms with van der Waals surface area (Å²) < 4.78 is 12.1. The number of aromatic nitrogens is 2. The van der Waals surface area contributed by atoms with Gasteiger partial charge in [-0.05, 0) is 31.0 Å². The summed E-state index contributed by atoms with van der Waals surface area (Å²) in [7, 11) is 0. The molecule has 4 heterocycles. The molecule has 2 saturated heterocycles. The Morgan fingerprint density at radius 1 is 1.15 bits per heavy atom. The van der Waals surface area contributed by atoms with E-state index in [1.807, 2.05) is 4.90 Å². The lowest BCUT2D eigenvalue weighted by Gasteiger charge is -2.47. The summed E-state index contributed by atoms with van der Waals surface area (Å²) in [6, 6.07) is 5.85. The van der Waals surface area contributed by atoms with Gasteiger partial charge in [0.15, 0.2) is 0 Å². The van der Waals surface area contributed by atoms with Crippen molar-refractivity contribution in [3.63, 3.8) is 0 Å². The molecule has 2 fully saturated rings. The molecule has 0 aliphatic carbocycles. The van der Waals surface area contributed by atoms with Crippen molar-refractivity contribution in [1.82, 2.24) is 20.0 Å². The number of nitrogens with zero attached hydrogens (tertiary/aromatic N) is 4. The van der Waals surface area contributed by atoms with Crippen LogP contribution in [0.15, 0.2) is 35.0 Å². The van der Waals surface area contributed by atoms with E-state index >= 15 is 0 Å². The van der Waals surface area contributed by atoms with Gasteiger partial charge in [0.25, 0.3) is 5.91 Å². The van der Waals surface area contributed by atoms with Crippen LogP contribution in [-0.4, -0.2) is 64.3 Å². The van der Waals surface area contributed by atoms with E-state index < -0.39 is 0 Å². The van der Waals surface area contributed by atoms with E-state index in [-0.39, 0.29) is 11.5 Å². The summed E-state index contributed by atoms with van der Waals surface area (Å²) in [5.41, 5.74) is 0.433. The number of furan rings is 1. The summed E-state index contributed by atoms with van der Waals surface area (Å²) in [4.78, 5) is 16.9. The number of morpholine rings is 1. The van der Waals surface area contributed by atoms with Crippen LogP contribution in [0.3, 0.4) is 0 Å². The van der Waals surface area contributed by atoms with Crippen molar-refractivity contribution in [2.24, 2.45) is 0 Å². The van der Waals surface area contributed by atoms with Gasteiger partial charge in [0.1, 0.15) is 11.5 Å². The maximum atomic E-state index is 12.6. The Morgan fingerprint density at radius 3 is 2.67 bits per heavy atom. The number of carbonyl (C=O) groups is 1. The summed E-state index contributed by atoms with van der Waals surface area (Å²) in [5.74, 6) is 2.07. The van der Waals surface area contributed by atoms with Crippen molar-refractivity contribution in [3.8, 4) is 0 Å². The van der Waals surface area contributed by atoms with Crippen molar-refractivity contribution in [2.45, 2.75) is 38.3 Å². The van der Waals surface area contributed by atoms with E-state index in [1.54, 1.807) is 12.3 Å². The summed E-state index contributed by atoms with van der Waals surface area (Å²) >= 11 is 0. The number of hydrogen-bond acceptors (Lipinski definition) is 6. The second-order valence-corrected chi connectivity index (χ2v) is 7.39. The van der Waals surface area contributed by atoms with E-state index in [2.05, 4.69) is 34.2 Å². The third-order valence-corrected chi connectivity index (χ3v) is 5.57. The van der Waals surface area contributed by atoms with E-state index in [0.29, 0.717) is 18.7 Å². The molecule has 2 aliphatic heterocycles. The van der Waals surface area contributed by atoms with Gasteiger partial charge in [0.2, 0.25) is 0 Å². The van der Waals surface area contributed by atoms with Crippen LogP contribution in [0, 0.1) is 0 Å². The van der Waals surface area contributed by atoms with Crippen molar-refractivity contribution < 1.29 is 13.9 Å². The lowest BCUT2D eigenvalue weighted by Crippen LogP contribution is -2.57. The number of rotatable bonds is 4. The van der Waals surface area contributed by atoms with Crippen LogP contribution in [-0.2, 0) is 17.7 Å². The first-order chi connectivity index (χ1) is 13.2. The Bertz CT molecular complexity index is 769. The molecular weight excluding hydrogens is 344 g/mol. The third-order valence-electron chi connectivity index (χ3n) is 5.57. The minimum atomic E-state index is -0.161. The molecule has 1 spiro atoms. The zero-order valence-electron chi connectivity index (χ0n) is 15.8. The molecule has 1 amide bonds. The average molecular weight is 370 g/mol. The van der Waals surface area contributed by atoms with Gasteiger partial charge in [-0.1, -0.05) is 6.92 Å². The monoisotopic (exact) mass is 370 g/mol. The highest BCUT2D eigenvalue weighted by molar-refractivity contribution is 5.93. The van der Waals surface area contributed by atoms with Crippen LogP contribution in [0.2, 0.25) is 0 Å². The molecule has 2 aromatic heterocycles. The average Bonchev–Trinajstić information content (AvgIpc) is 3.16. The molecule has 0 N–H and O–H groups in total. The molecule has 0 atom stereocenters. The number of aryl methyl sites for hydroxylation is 1. The molecule has 0 radical (unpaired) electrons. The van der Waals surface area contributed by atoms with Gasteiger partial charge >= 0.3 is 0 Å². The van der Waals surface area contributed by atoms with Gasteiger partial charge < -0.3 is 14.1 Å². The van der Waals surface area contributed by atoms with Gasteiger partial charge in [0.05, 0.1) is 36.7 Å². The highest BCUT2D eigenvalue weighted by Gasteiger charge is 2.40. The van der Waals surface area contributed by atoms with E-state index in [9.17, 15) is 4.79 Å². The predicted molar refractivity (Wildman–Crippen MR) is 99.2 cm³/mol. The topological polar surface area (TPSA) is 71.7 Å². The zero-order chi connectivity index (χ0) is 18.7. The molecule has 7 heteroatoms. The molecule has 0 bridgehead atoms. The number of likely N-dealkylation sites (tertiary alicyclic amines) is 1. The SMILES string of the molecule is CCc1ccc(CN2CCOC3(CCN(C(=O)c4ccnnc4)CC3)C2)o1. The number of hydrogen-bond donors (Lipinski definition) is 0. The van der Waals surface area contributed by atoms with E-state index in [0.717, 1.165) is 57.0 Å². The second-order valence-electron chi connectivity index (χ2n) is 7.39. The van der Waals surface area contributed by atoms with E-state index in [1.165, 1.54) is 6.20 Å². The number of carbonyl (C=O) groups excluding carboxylic acids is 1. The van der Waals surface area contributed by atoms with Crippen LogP contribution in [0.5, 0.6) is 0 Å². The summed E-state index contributed by atoms with van der Waals surface area (Å²) in [5, 5.41) is 7.54. The lowest BCUT2D eigenvalue weighted by molar-refractivity contribution is -0.135. The molecular formula is C20H26N4O3. The summed E-state index contributed by atoms with van der Waals surface area (Å²) in [6.45, 7) is 6.85. The molecule has 7 nitrogen and oxygen atoms in total. The van der Waals surface area contributed by atoms with Crippen molar-refractivity contribution >= 4 is 5.91 Å².